The zero-order valence-electron chi connectivity index (χ0n) is 11.9. The van der Waals surface area contributed by atoms with E-state index in [9.17, 15) is 0 Å². The van der Waals surface area contributed by atoms with Crippen LogP contribution in [0.2, 0.25) is 0 Å². The van der Waals surface area contributed by atoms with E-state index in [1.807, 2.05) is 11.3 Å². The number of hydrogen-bond acceptors (Lipinski definition) is 2. The van der Waals surface area contributed by atoms with Gasteiger partial charge in [-0.1, -0.05) is 42.8 Å². The summed E-state index contributed by atoms with van der Waals surface area (Å²) in [6.45, 7) is 5.37. The summed E-state index contributed by atoms with van der Waals surface area (Å²) in [5, 5.41) is 5.77. The Balaban J connectivity index is 1.92. The molecule has 1 heterocycles. The number of nitrogens with one attached hydrogen (secondary N) is 1. The van der Waals surface area contributed by atoms with E-state index in [2.05, 4.69) is 60.9 Å². The highest BCUT2D eigenvalue weighted by atomic mass is 32.1. The van der Waals surface area contributed by atoms with E-state index in [0.717, 1.165) is 6.54 Å². The van der Waals surface area contributed by atoms with Crippen molar-refractivity contribution in [3.05, 3.63) is 57.8 Å². The molecule has 19 heavy (non-hydrogen) atoms. The van der Waals surface area contributed by atoms with Gasteiger partial charge in [0.1, 0.15) is 0 Å². The van der Waals surface area contributed by atoms with E-state index in [0.29, 0.717) is 6.04 Å². The third kappa shape index (κ3) is 4.48. The van der Waals surface area contributed by atoms with Gasteiger partial charge < -0.3 is 5.32 Å². The molecule has 0 bridgehead atoms. The molecule has 0 saturated carbocycles. The quantitative estimate of drug-likeness (QED) is 0.769. The van der Waals surface area contributed by atoms with Crippen molar-refractivity contribution in [1.29, 1.82) is 0 Å². The van der Waals surface area contributed by atoms with Crippen LogP contribution in [0.15, 0.2) is 41.8 Å². The molecular formula is C17H23NS. The summed E-state index contributed by atoms with van der Waals surface area (Å²) in [7, 11) is 0. The fraction of sp³-hybridized carbons (Fsp3) is 0.412. The third-order valence-corrected chi connectivity index (χ3v) is 4.33. The summed E-state index contributed by atoms with van der Waals surface area (Å²) in [5.74, 6) is 0. The molecule has 1 N–H and O–H groups in total. The molecule has 2 rings (SSSR count). The van der Waals surface area contributed by atoms with Gasteiger partial charge in [-0.25, -0.2) is 0 Å². The zero-order chi connectivity index (χ0) is 13.5. The van der Waals surface area contributed by atoms with Crippen LogP contribution in [-0.2, 0) is 6.42 Å². The van der Waals surface area contributed by atoms with Crippen LogP contribution in [0.5, 0.6) is 0 Å². The van der Waals surface area contributed by atoms with Crippen molar-refractivity contribution in [3.63, 3.8) is 0 Å². The van der Waals surface area contributed by atoms with Crippen molar-refractivity contribution in [2.24, 2.45) is 0 Å². The third-order valence-electron chi connectivity index (χ3n) is 3.39. The van der Waals surface area contributed by atoms with Gasteiger partial charge in [0, 0.05) is 10.9 Å². The van der Waals surface area contributed by atoms with E-state index in [1.165, 1.54) is 35.3 Å². The van der Waals surface area contributed by atoms with Crippen LogP contribution >= 0.6 is 11.3 Å². The fourth-order valence-corrected chi connectivity index (χ4v) is 3.21. The van der Waals surface area contributed by atoms with Gasteiger partial charge in [-0.2, -0.15) is 0 Å². The lowest BCUT2D eigenvalue weighted by Gasteiger charge is -2.18. The molecule has 0 aliphatic rings. The minimum Gasteiger partial charge on any atom is -0.310 e. The van der Waals surface area contributed by atoms with Gasteiger partial charge in [0.15, 0.2) is 0 Å². The molecule has 0 radical (unpaired) electrons. The maximum absolute atomic E-state index is 3.61. The molecule has 1 aromatic carbocycles. The second-order valence-corrected chi connectivity index (χ2v) is 6.03. The highest BCUT2D eigenvalue weighted by Gasteiger charge is 2.10. The van der Waals surface area contributed by atoms with Gasteiger partial charge in [-0.15, -0.1) is 11.3 Å². The maximum atomic E-state index is 3.61. The van der Waals surface area contributed by atoms with Crippen LogP contribution in [0.4, 0.5) is 0 Å². The van der Waals surface area contributed by atoms with E-state index >= 15 is 0 Å². The first-order valence-electron chi connectivity index (χ1n) is 7.12. The molecule has 1 nitrogen and oxygen atoms in total. The largest absolute Gasteiger partial charge is 0.310 e. The number of aryl methyl sites for hydroxylation is 2. The first kappa shape index (κ1) is 14.3. The smallest absolute Gasteiger partial charge is 0.0320 e. The van der Waals surface area contributed by atoms with Gasteiger partial charge in [0.25, 0.3) is 0 Å². The molecule has 0 amide bonds. The Morgan fingerprint density at radius 1 is 1.21 bits per heavy atom. The molecule has 0 saturated heterocycles. The summed E-state index contributed by atoms with van der Waals surface area (Å²) in [5.41, 5.74) is 2.77. The Bertz CT molecular complexity index is 476. The topological polar surface area (TPSA) is 12.0 Å². The van der Waals surface area contributed by atoms with Crippen LogP contribution in [0, 0.1) is 6.92 Å². The summed E-state index contributed by atoms with van der Waals surface area (Å²) in [6, 6.07) is 13.7. The van der Waals surface area contributed by atoms with Crippen LogP contribution in [0.3, 0.4) is 0 Å². The number of hydrogen-bond donors (Lipinski definition) is 1. The van der Waals surface area contributed by atoms with Crippen LogP contribution in [0.1, 0.15) is 41.8 Å². The summed E-state index contributed by atoms with van der Waals surface area (Å²) in [6.07, 6.45) is 3.65. The SMILES string of the molecule is CCNC(CCCc1cccs1)c1cccc(C)c1. The highest BCUT2D eigenvalue weighted by molar-refractivity contribution is 7.09. The van der Waals surface area contributed by atoms with Gasteiger partial charge in [0.2, 0.25) is 0 Å². The second-order valence-electron chi connectivity index (χ2n) is 5.00. The zero-order valence-corrected chi connectivity index (χ0v) is 12.7. The Kier molecular flexibility index (Phi) is 5.62. The minimum atomic E-state index is 0.491. The standard InChI is InChI=1S/C17H23NS/c1-3-18-17(15-8-4-7-14(2)13-15)11-5-9-16-10-6-12-19-16/h4,6-8,10,12-13,17-18H,3,5,9,11H2,1-2H3. The monoisotopic (exact) mass is 273 g/mol. The van der Waals surface area contributed by atoms with Crippen molar-refractivity contribution < 1.29 is 0 Å². The number of benzene rings is 1. The highest BCUT2D eigenvalue weighted by Crippen LogP contribution is 2.21. The normalized spacial score (nSPS) is 12.5. The van der Waals surface area contributed by atoms with Crippen LogP contribution in [-0.4, -0.2) is 6.54 Å². The van der Waals surface area contributed by atoms with Gasteiger partial charge in [0.05, 0.1) is 0 Å². The van der Waals surface area contributed by atoms with Crippen molar-refractivity contribution >= 4 is 11.3 Å². The molecule has 2 aromatic rings. The molecule has 0 spiro atoms. The lowest BCUT2D eigenvalue weighted by atomic mass is 9.99. The molecule has 102 valence electrons. The Labute approximate surface area is 120 Å². The first-order valence-corrected chi connectivity index (χ1v) is 8.00. The Morgan fingerprint density at radius 3 is 2.79 bits per heavy atom. The molecular weight excluding hydrogens is 250 g/mol. The average Bonchev–Trinajstić information content (AvgIpc) is 2.91. The van der Waals surface area contributed by atoms with Crippen molar-refractivity contribution in [2.75, 3.05) is 6.54 Å². The molecule has 1 aromatic heterocycles. The van der Waals surface area contributed by atoms with E-state index in [4.69, 9.17) is 0 Å². The summed E-state index contributed by atoms with van der Waals surface area (Å²) in [4.78, 5) is 1.50. The molecule has 2 heteroatoms. The number of rotatable bonds is 7. The van der Waals surface area contributed by atoms with Gasteiger partial charge in [-0.3, -0.25) is 0 Å². The Hall–Kier alpha value is -1.12. The van der Waals surface area contributed by atoms with Gasteiger partial charge in [-0.05, 0) is 49.7 Å². The minimum absolute atomic E-state index is 0.491. The Morgan fingerprint density at radius 2 is 2.11 bits per heavy atom. The van der Waals surface area contributed by atoms with Crippen LogP contribution < -0.4 is 5.32 Å². The lowest BCUT2D eigenvalue weighted by molar-refractivity contribution is 0.499. The molecule has 0 aliphatic carbocycles. The summed E-state index contributed by atoms with van der Waals surface area (Å²) >= 11 is 1.87. The molecule has 0 aliphatic heterocycles. The van der Waals surface area contributed by atoms with Crippen molar-refractivity contribution in [2.45, 2.75) is 39.2 Å². The van der Waals surface area contributed by atoms with Gasteiger partial charge >= 0.3 is 0 Å². The lowest BCUT2D eigenvalue weighted by Crippen LogP contribution is -2.21. The van der Waals surface area contributed by atoms with E-state index < -0.39 is 0 Å². The first-order chi connectivity index (χ1) is 9.29. The second kappa shape index (κ2) is 7.46. The molecule has 1 atom stereocenters. The van der Waals surface area contributed by atoms with Crippen molar-refractivity contribution in [1.82, 2.24) is 5.32 Å². The van der Waals surface area contributed by atoms with Crippen molar-refractivity contribution in [3.8, 4) is 0 Å². The molecule has 1 unspecified atom stereocenters. The predicted molar refractivity (Wildman–Crippen MR) is 84.9 cm³/mol. The van der Waals surface area contributed by atoms with Crippen LogP contribution in [0.25, 0.3) is 0 Å². The molecule has 0 fully saturated rings. The summed E-state index contributed by atoms with van der Waals surface area (Å²) < 4.78 is 0. The van der Waals surface area contributed by atoms with E-state index in [-0.39, 0.29) is 0 Å². The number of thiophene rings is 1. The average molecular weight is 273 g/mol. The maximum Gasteiger partial charge on any atom is 0.0320 e. The van der Waals surface area contributed by atoms with E-state index in [1.54, 1.807) is 0 Å². The predicted octanol–water partition coefficient (Wildman–Crippen LogP) is 4.73. The fourth-order valence-electron chi connectivity index (χ4n) is 2.46.